The van der Waals surface area contributed by atoms with Gasteiger partial charge in [0.15, 0.2) is 0 Å². The number of carbonyl (C=O) groups is 2. The molecule has 2 aromatic carbocycles. The van der Waals surface area contributed by atoms with Gasteiger partial charge in [-0.2, -0.15) is 0 Å². The highest BCUT2D eigenvalue weighted by molar-refractivity contribution is 5.94. The number of ether oxygens (including phenoxy) is 1. The minimum Gasteiger partial charge on any atom is -0.546 e. The van der Waals surface area contributed by atoms with E-state index >= 15 is 0 Å². The molecule has 5 heteroatoms. The van der Waals surface area contributed by atoms with Gasteiger partial charge in [0.25, 0.3) is 5.91 Å². The molecule has 2 aromatic rings. The highest BCUT2D eigenvalue weighted by Gasteiger charge is 2.05. The Morgan fingerprint density at radius 2 is 1.67 bits per heavy atom. The molecule has 1 amide bonds. The number of rotatable bonds is 6. The number of amides is 1. The Bertz CT molecular complexity index is 608. The summed E-state index contributed by atoms with van der Waals surface area (Å²) in [4.78, 5) is 22.2. The molecule has 2 rings (SSSR count). The first kappa shape index (κ1) is 14.6. The maximum absolute atomic E-state index is 11.9. The maximum Gasteiger partial charge on any atom is 0.251 e. The number of carboxylic acids is 1. The van der Waals surface area contributed by atoms with Crippen LogP contribution < -0.4 is 15.2 Å². The van der Waals surface area contributed by atoms with E-state index in [-0.39, 0.29) is 5.91 Å². The zero-order valence-electron chi connectivity index (χ0n) is 11.2. The smallest absolute Gasteiger partial charge is 0.251 e. The molecule has 5 nitrogen and oxygen atoms in total. The molecule has 0 aromatic heterocycles. The summed E-state index contributed by atoms with van der Waals surface area (Å²) >= 11 is 0. The Hall–Kier alpha value is -2.82. The first-order valence-corrected chi connectivity index (χ1v) is 6.40. The summed E-state index contributed by atoms with van der Waals surface area (Å²) in [5.74, 6) is -1.12. The third-order valence-electron chi connectivity index (χ3n) is 2.77. The molecule has 108 valence electrons. The molecule has 0 unspecified atom stereocenters. The van der Waals surface area contributed by atoms with Gasteiger partial charge in [0.2, 0.25) is 0 Å². The molecule has 0 aliphatic carbocycles. The zero-order chi connectivity index (χ0) is 15.1. The lowest BCUT2D eigenvalue weighted by molar-refractivity contribution is -0.307. The average molecular weight is 284 g/mol. The second-order valence-corrected chi connectivity index (χ2v) is 4.35. The van der Waals surface area contributed by atoms with Crippen LogP contribution in [0.4, 0.5) is 0 Å². The molecule has 0 aliphatic rings. The van der Waals surface area contributed by atoms with E-state index in [4.69, 9.17) is 4.74 Å². The number of benzene rings is 2. The van der Waals surface area contributed by atoms with Crippen LogP contribution in [0.3, 0.4) is 0 Å². The Balaban J connectivity index is 1.89. The van der Waals surface area contributed by atoms with E-state index in [1.165, 1.54) is 0 Å². The minimum absolute atomic E-state index is 0.203. The monoisotopic (exact) mass is 284 g/mol. The van der Waals surface area contributed by atoms with Gasteiger partial charge in [-0.05, 0) is 29.8 Å². The first-order valence-electron chi connectivity index (χ1n) is 6.40. The van der Waals surface area contributed by atoms with Gasteiger partial charge in [-0.3, -0.25) is 4.79 Å². The Labute approximate surface area is 122 Å². The van der Waals surface area contributed by atoms with E-state index in [2.05, 4.69) is 5.32 Å². The quantitative estimate of drug-likeness (QED) is 0.849. The summed E-state index contributed by atoms with van der Waals surface area (Å²) in [5.41, 5.74) is 1.49. The van der Waals surface area contributed by atoms with Crippen molar-refractivity contribution < 1.29 is 19.4 Å². The second-order valence-electron chi connectivity index (χ2n) is 4.35. The van der Waals surface area contributed by atoms with Crippen LogP contribution in [0.2, 0.25) is 0 Å². The van der Waals surface area contributed by atoms with Crippen molar-refractivity contribution in [2.45, 2.75) is 6.54 Å². The molecule has 0 fully saturated rings. The van der Waals surface area contributed by atoms with Crippen LogP contribution in [0, 0.1) is 0 Å². The average Bonchev–Trinajstić information content (AvgIpc) is 2.52. The van der Waals surface area contributed by atoms with Crippen molar-refractivity contribution in [3.05, 3.63) is 65.7 Å². The Morgan fingerprint density at radius 3 is 2.29 bits per heavy atom. The fourth-order valence-electron chi connectivity index (χ4n) is 1.73. The molecule has 0 heterocycles. The van der Waals surface area contributed by atoms with Crippen molar-refractivity contribution in [3.63, 3.8) is 0 Å². The fraction of sp³-hybridized carbons (Fsp3) is 0.125. The maximum atomic E-state index is 11.9. The van der Waals surface area contributed by atoms with E-state index in [0.717, 1.165) is 5.56 Å². The molecule has 21 heavy (non-hydrogen) atoms. The highest BCUT2D eigenvalue weighted by atomic mass is 16.5. The van der Waals surface area contributed by atoms with Gasteiger partial charge in [0, 0.05) is 12.1 Å². The third kappa shape index (κ3) is 4.65. The highest BCUT2D eigenvalue weighted by Crippen LogP contribution is 2.12. The summed E-state index contributed by atoms with van der Waals surface area (Å²) in [5, 5.41) is 13.1. The van der Waals surface area contributed by atoms with Gasteiger partial charge < -0.3 is 20.0 Å². The number of aliphatic carboxylic acids is 1. The van der Waals surface area contributed by atoms with Gasteiger partial charge in [-0.25, -0.2) is 0 Å². The lowest BCUT2D eigenvalue weighted by Gasteiger charge is -2.08. The van der Waals surface area contributed by atoms with Gasteiger partial charge in [-0.15, -0.1) is 0 Å². The van der Waals surface area contributed by atoms with E-state index in [1.54, 1.807) is 24.3 Å². The molecular weight excluding hydrogens is 270 g/mol. The number of hydrogen-bond acceptors (Lipinski definition) is 4. The molecule has 0 atom stereocenters. The van der Waals surface area contributed by atoms with Crippen molar-refractivity contribution >= 4 is 11.9 Å². The lowest BCUT2D eigenvalue weighted by atomic mass is 10.2. The van der Waals surface area contributed by atoms with Crippen molar-refractivity contribution in [1.29, 1.82) is 0 Å². The van der Waals surface area contributed by atoms with Crippen LogP contribution in [-0.2, 0) is 11.3 Å². The minimum atomic E-state index is -1.29. The van der Waals surface area contributed by atoms with Crippen molar-refractivity contribution in [3.8, 4) is 5.75 Å². The SMILES string of the molecule is O=C([O-])COc1ccc(C(=O)NCc2ccccc2)cc1. The summed E-state index contributed by atoms with van der Waals surface area (Å²) in [6.45, 7) is -0.0673. The Kier molecular flexibility index (Phi) is 4.93. The van der Waals surface area contributed by atoms with Crippen molar-refractivity contribution in [1.82, 2.24) is 5.32 Å². The molecular formula is C16H14NO4-. The topological polar surface area (TPSA) is 78.5 Å². The molecule has 0 bridgehead atoms. The van der Waals surface area contributed by atoms with Crippen molar-refractivity contribution in [2.75, 3.05) is 6.61 Å². The van der Waals surface area contributed by atoms with Crippen LogP contribution in [0.25, 0.3) is 0 Å². The van der Waals surface area contributed by atoms with Crippen LogP contribution in [0.1, 0.15) is 15.9 Å². The van der Waals surface area contributed by atoms with E-state index in [9.17, 15) is 14.7 Å². The summed E-state index contributed by atoms with van der Waals surface area (Å²) < 4.78 is 4.94. The largest absolute Gasteiger partial charge is 0.546 e. The first-order chi connectivity index (χ1) is 10.1. The molecule has 0 saturated carbocycles. The van der Waals surface area contributed by atoms with Crippen LogP contribution >= 0.6 is 0 Å². The molecule has 1 N–H and O–H groups in total. The fourth-order valence-corrected chi connectivity index (χ4v) is 1.73. The number of nitrogens with one attached hydrogen (secondary N) is 1. The standard InChI is InChI=1S/C16H15NO4/c18-15(19)11-21-14-8-6-13(7-9-14)16(20)17-10-12-4-2-1-3-5-12/h1-9H,10-11H2,(H,17,20)(H,18,19)/p-1. The number of carboxylic acid groups (broad SMARTS) is 1. The molecule has 0 aliphatic heterocycles. The normalized spacial score (nSPS) is 9.90. The van der Waals surface area contributed by atoms with Gasteiger partial charge >= 0.3 is 0 Å². The van der Waals surface area contributed by atoms with Gasteiger partial charge in [0.05, 0.1) is 5.97 Å². The number of hydrogen-bond donors (Lipinski definition) is 1. The van der Waals surface area contributed by atoms with Crippen molar-refractivity contribution in [2.24, 2.45) is 0 Å². The van der Waals surface area contributed by atoms with Gasteiger partial charge in [0.1, 0.15) is 12.4 Å². The predicted molar refractivity (Wildman–Crippen MR) is 74.6 cm³/mol. The van der Waals surface area contributed by atoms with Gasteiger partial charge in [-0.1, -0.05) is 30.3 Å². The van der Waals surface area contributed by atoms with E-state index in [1.807, 2.05) is 30.3 Å². The Morgan fingerprint density at radius 1 is 1.00 bits per heavy atom. The lowest BCUT2D eigenvalue weighted by Crippen LogP contribution is -2.29. The zero-order valence-corrected chi connectivity index (χ0v) is 11.2. The van der Waals surface area contributed by atoms with E-state index < -0.39 is 12.6 Å². The van der Waals surface area contributed by atoms with Crippen LogP contribution in [0.15, 0.2) is 54.6 Å². The second kappa shape index (κ2) is 7.09. The molecule has 0 radical (unpaired) electrons. The summed E-state index contributed by atoms with van der Waals surface area (Å²) in [6, 6.07) is 15.8. The predicted octanol–water partition coefficient (Wildman–Crippen LogP) is 0.745. The molecule has 0 spiro atoms. The van der Waals surface area contributed by atoms with E-state index in [0.29, 0.717) is 17.9 Å². The summed E-state index contributed by atoms with van der Waals surface area (Å²) in [7, 11) is 0. The number of carbonyl (C=O) groups excluding carboxylic acids is 2. The van der Waals surface area contributed by atoms with Crippen LogP contribution in [0.5, 0.6) is 5.75 Å². The van der Waals surface area contributed by atoms with Crippen LogP contribution in [-0.4, -0.2) is 18.5 Å². The summed E-state index contributed by atoms with van der Waals surface area (Å²) in [6.07, 6.45) is 0. The molecule has 0 saturated heterocycles. The third-order valence-corrected chi connectivity index (χ3v) is 2.77.